The van der Waals surface area contributed by atoms with Crippen LogP contribution < -0.4 is 0 Å². The minimum Gasteiger partial charge on any atom is -0.438 e. The second kappa shape index (κ2) is 5.27. The number of carbonyl (C=O) groups excluding carboxylic acids is 1. The van der Waals surface area contributed by atoms with E-state index >= 15 is 0 Å². The number of phosphoric ester groups is 1. The van der Waals surface area contributed by atoms with Gasteiger partial charge in [-0.1, -0.05) is 6.92 Å². The molecule has 12 heavy (non-hydrogen) atoms. The number of phosphoric acid groups is 1. The van der Waals surface area contributed by atoms with E-state index in [2.05, 4.69) is 13.8 Å². The highest BCUT2D eigenvalue weighted by molar-refractivity contribution is 7.47. The lowest BCUT2D eigenvalue weighted by Crippen LogP contribution is -2.06. The van der Waals surface area contributed by atoms with Gasteiger partial charge < -0.3 is 9.63 Å². The molecule has 1 unspecified atom stereocenters. The lowest BCUT2D eigenvalue weighted by molar-refractivity contribution is -0.150. The zero-order valence-electron chi connectivity index (χ0n) is 6.85. The van der Waals surface area contributed by atoms with Crippen LogP contribution in [0.4, 0.5) is 0 Å². The summed E-state index contributed by atoms with van der Waals surface area (Å²) in [6, 6.07) is 0. The zero-order chi connectivity index (χ0) is 9.61. The highest BCUT2D eigenvalue weighted by Crippen LogP contribution is 2.41. The monoisotopic (exact) mass is 198 g/mol. The molecule has 0 aromatic heterocycles. The van der Waals surface area contributed by atoms with Crippen molar-refractivity contribution < 1.29 is 28.0 Å². The van der Waals surface area contributed by atoms with Gasteiger partial charge >= 0.3 is 13.8 Å². The third-order valence-corrected chi connectivity index (χ3v) is 1.85. The maximum Gasteiger partial charge on any atom is 0.474 e. The van der Waals surface area contributed by atoms with Crippen molar-refractivity contribution in [3.05, 3.63) is 0 Å². The average molecular weight is 198 g/mol. The Morgan fingerprint density at radius 3 is 2.58 bits per heavy atom. The molecular formula is C5H11O6P. The summed E-state index contributed by atoms with van der Waals surface area (Å²) in [7, 11) is -3.00. The van der Waals surface area contributed by atoms with Crippen molar-refractivity contribution in [1.29, 1.82) is 0 Å². The van der Waals surface area contributed by atoms with Crippen LogP contribution in [0.15, 0.2) is 0 Å². The molecule has 1 N–H and O–H groups in total. The van der Waals surface area contributed by atoms with E-state index in [0.717, 1.165) is 7.11 Å². The van der Waals surface area contributed by atoms with Crippen LogP contribution in [0.2, 0.25) is 0 Å². The topological polar surface area (TPSA) is 82.1 Å². The molecule has 0 aliphatic heterocycles. The normalized spacial score (nSPS) is 15.2. The minimum atomic E-state index is -4.02. The Balaban J connectivity index is 3.57. The number of hydrogen-bond acceptors (Lipinski definition) is 5. The first-order valence-corrected chi connectivity index (χ1v) is 4.70. The first kappa shape index (κ1) is 11.6. The van der Waals surface area contributed by atoms with Gasteiger partial charge in [-0.2, -0.15) is 0 Å². The van der Waals surface area contributed by atoms with Crippen molar-refractivity contribution in [2.75, 3.05) is 13.9 Å². The van der Waals surface area contributed by atoms with Crippen LogP contribution in [0.25, 0.3) is 0 Å². The number of hydrogen-bond donors (Lipinski definition) is 1. The summed E-state index contributed by atoms with van der Waals surface area (Å²) in [6.45, 7) is 1.02. The van der Waals surface area contributed by atoms with E-state index in [9.17, 15) is 9.36 Å². The number of ether oxygens (including phenoxy) is 1. The molecule has 0 fully saturated rings. The lowest BCUT2D eigenvalue weighted by Gasteiger charge is -2.08. The summed E-state index contributed by atoms with van der Waals surface area (Å²) >= 11 is 0. The molecule has 0 heterocycles. The molecule has 0 aromatic rings. The summed E-state index contributed by atoms with van der Waals surface area (Å²) in [5, 5.41) is 0. The molecule has 6 nitrogen and oxygen atoms in total. The van der Waals surface area contributed by atoms with Crippen molar-refractivity contribution in [2.45, 2.75) is 13.3 Å². The fourth-order valence-corrected chi connectivity index (χ4v) is 0.605. The number of esters is 1. The molecule has 0 spiro atoms. The highest BCUT2D eigenvalue weighted by Gasteiger charge is 2.18. The van der Waals surface area contributed by atoms with Gasteiger partial charge in [0.05, 0.1) is 0 Å². The van der Waals surface area contributed by atoms with Gasteiger partial charge in [0.2, 0.25) is 6.79 Å². The van der Waals surface area contributed by atoms with E-state index in [-0.39, 0.29) is 6.42 Å². The Bertz CT molecular complexity index is 190. The molecule has 0 aliphatic rings. The molecule has 7 heteroatoms. The van der Waals surface area contributed by atoms with Gasteiger partial charge in [-0.15, -0.1) is 0 Å². The van der Waals surface area contributed by atoms with Crippen LogP contribution in [0.5, 0.6) is 0 Å². The molecule has 0 aliphatic carbocycles. The first-order valence-electron chi connectivity index (χ1n) is 3.20. The lowest BCUT2D eigenvalue weighted by atomic mass is 10.5. The van der Waals surface area contributed by atoms with Gasteiger partial charge in [0.1, 0.15) is 0 Å². The van der Waals surface area contributed by atoms with Crippen LogP contribution in [0, 0.1) is 0 Å². The van der Waals surface area contributed by atoms with E-state index in [0.29, 0.717) is 0 Å². The third kappa shape index (κ3) is 5.26. The molecule has 0 amide bonds. The molecule has 1 atom stereocenters. The average Bonchev–Trinajstić information content (AvgIpc) is 2.04. The molecule has 72 valence electrons. The predicted molar refractivity (Wildman–Crippen MR) is 39.2 cm³/mol. The van der Waals surface area contributed by atoms with Crippen molar-refractivity contribution >= 4 is 13.8 Å². The maximum absolute atomic E-state index is 10.6. The van der Waals surface area contributed by atoms with Crippen LogP contribution in [-0.2, 0) is 23.1 Å². The largest absolute Gasteiger partial charge is 0.474 e. The first-order chi connectivity index (χ1) is 5.52. The Labute approximate surface area is 70.0 Å². The molecule has 0 rings (SSSR count). The second-order valence-electron chi connectivity index (χ2n) is 1.77. The fraction of sp³-hybridized carbons (Fsp3) is 0.800. The van der Waals surface area contributed by atoms with Crippen LogP contribution in [-0.4, -0.2) is 24.8 Å². The summed E-state index contributed by atoms with van der Waals surface area (Å²) in [5.74, 6) is -0.508. The number of carbonyl (C=O) groups is 1. The van der Waals surface area contributed by atoms with Gasteiger partial charge in [-0.25, -0.2) is 9.09 Å². The van der Waals surface area contributed by atoms with E-state index in [1.807, 2.05) is 0 Å². The predicted octanol–water partition coefficient (Wildman–Crippen LogP) is 0.660. The van der Waals surface area contributed by atoms with Gasteiger partial charge in [0.25, 0.3) is 0 Å². The van der Waals surface area contributed by atoms with E-state index < -0.39 is 20.6 Å². The van der Waals surface area contributed by atoms with E-state index in [1.165, 1.54) is 0 Å². The Morgan fingerprint density at radius 2 is 2.17 bits per heavy atom. The SMILES string of the molecule is CCC(=O)OCOP(=O)(O)OC. The Morgan fingerprint density at radius 1 is 1.58 bits per heavy atom. The molecule has 0 bridgehead atoms. The van der Waals surface area contributed by atoms with Gasteiger partial charge in [0, 0.05) is 13.5 Å². The van der Waals surface area contributed by atoms with Crippen molar-refractivity contribution in [1.82, 2.24) is 0 Å². The smallest absolute Gasteiger partial charge is 0.438 e. The second-order valence-corrected chi connectivity index (χ2v) is 3.33. The van der Waals surface area contributed by atoms with E-state index in [1.54, 1.807) is 6.92 Å². The minimum absolute atomic E-state index is 0.187. The summed E-state index contributed by atoms with van der Waals surface area (Å²) in [4.78, 5) is 19.1. The standard InChI is InChI=1S/C5H11O6P/c1-3-5(6)10-4-11-12(7,8)9-2/h3-4H2,1-2H3,(H,7,8). The third-order valence-electron chi connectivity index (χ3n) is 0.955. The number of rotatable bonds is 5. The fourth-order valence-electron chi connectivity index (χ4n) is 0.313. The van der Waals surface area contributed by atoms with Crippen LogP contribution >= 0.6 is 7.82 Å². The zero-order valence-corrected chi connectivity index (χ0v) is 7.74. The van der Waals surface area contributed by atoms with Gasteiger partial charge in [-0.05, 0) is 0 Å². The Kier molecular flexibility index (Phi) is 5.08. The maximum atomic E-state index is 10.6. The van der Waals surface area contributed by atoms with Crippen LogP contribution in [0.1, 0.15) is 13.3 Å². The molecular weight excluding hydrogens is 187 g/mol. The Hall–Kier alpha value is -0.420. The summed E-state index contributed by atoms with van der Waals surface area (Å²) in [6.07, 6.45) is 0.187. The molecule has 0 radical (unpaired) electrons. The molecule has 0 aromatic carbocycles. The summed E-state index contributed by atoms with van der Waals surface area (Å²) in [5.41, 5.74) is 0. The van der Waals surface area contributed by atoms with Crippen LogP contribution in [0.3, 0.4) is 0 Å². The van der Waals surface area contributed by atoms with Crippen molar-refractivity contribution in [2.24, 2.45) is 0 Å². The van der Waals surface area contributed by atoms with Crippen molar-refractivity contribution in [3.8, 4) is 0 Å². The van der Waals surface area contributed by atoms with Crippen molar-refractivity contribution in [3.63, 3.8) is 0 Å². The highest BCUT2D eigenvalue weighted by atomic mass is 31.2. The summed E-state index contributed by atoms with van der Waals surface area (Å²) < 4.78 is 23.2. The molecule has 0 saturated carbocycles. The van der Waals surface area contributed by atoms with Gasteiger partial charge in [-0.3, -0.25) is 9.32 Å². The van der Waals surface area contributed by atoms with E-state index in [4.69, 9.17) is 4.89 Å². The van der Waals surface area contributed by atoms with Gasteiger partial charge in [0.15, 0.2) is 0 Å². The quantitative estimate of drug-likeness (QED) is 0.397. The molecule has 0 saturated heterocycles.